The molecule has 0 amide bonds. The Labute approximate surface area is 128 Å². The highest BCUT2D eigenvalue weighted by atomic mass is 15.2. The molecule has 0 aliphatic carbocycles. The Bertz CT molecular complexity index is 925. The minimum absolute atomic E-state index is 0.695. The van der Waals surface area contributed by atoms with Gasteiger partial charge >= 0.3 is 0 Å². The van der Waals surface area contributed by atoms with Crippen molar-refractivity contribution in [3.8, 4) is 17.2 Å². The third kappa shape index (κ3) is 2.07. The zero-order valence-corrected chi connectivity index (χ0v) is 12.3. The first-order valence-corrected chi connectivity index (χ1v) is 7.28. The second-order valence-corrected chi connectivity index (χ2v) is 5.34. The maximum Gasteiger partial charge on any atom is 0.234 e. The zero-order chi connectivity index (χ0) is 14.9. The van der Waals surface area contributed by atoms with Crippen molar-refractivity contribution in [3.05, 3.63) is 78.6 Å². The standard InChI is InChI=1S/C19H15N3/c1-14-8-9-17-16(12-14)13-18(15-6-3-2-4-7-15)22(17)19-20-10-5-11-21-19/h2-13H,1H3. The number of aryl methyl sites for hydroxylation is 1. The third-order valence-corrected chi connectivity index (χ3v) is 3.78. The molecule has 22 heavy (non-hydrogen) atoms. The first-order chi connectivity index (χ1) is 10.8. The van der Waals surface area contributed by atoms with Crippen molar-refractivity contribution < 1.29 is 0 Å². The molecule has 4 rings (SSSR count). The van der Waals surface area contributed by atoms with E-state index in [4.69, 9.17) is 0 Å². The second-order valence-electron chi connectivity index (χ2n) is 5.34. The van der Waals surface area contributed by atoms with Crippen LogP contribution in [0.4, 0.5) is 0 Å². The van der Waals surface area contributed by atoms with E-state index in [0.717, 1.165) is 16.8 Å². The van der Waals surface area contributed by atoms with Gasteiger partial charge < -0.3 is 0 Å². The predicted octanol–water partition coefficient (Wildman–Crippen LogP) is 4.40. The largest absolute Gasteiger partial charge is 0.278 e. The number of hydrogen-bond donors (Lipinski definition) is 0. The van der Waals surface area contributed by atoms with Crippen LogP contribution in [0.15, 0.2) is 73.1 Å². The van der Waals surface area contributed by atoms with Gasteiger partial charge in [-0.2, -0.15) is 0 Å². The van der Waals surface area contributed by atoms with Crippen LogP contribution in [0.2, 0.25) is 0 Å². The zero-order valence-electron chi connectivity index (χ0n) is 12.3. The lowest BCUT2D eigenvalue weighted by atomic mass is 10.1. The molecule has 0 fully saturated rings. The summed E-state index contributed by atoms with van der Waals surface area (Å²) < 4.78 is 2.12. The molecule has 2 aromatic heterocycles. The molecule has 0 aliphatic heterocycles. The fourth-order valence-corrected chi connectivity index (χ4v) is 2.78. The van der Waals surface area contributed by atoms with Crippen molar-refractivity contribution in [1.82, 2.24) is 14.5 Å². The van der Waals surface area contributed by atoms with Gasteiger partial charge in [0.15, 0.2) is 0 Å². The Morgan fingerprint density at radius 2 is 1.59 bits per heavy atom. The number of aromatic nitrogens is 3. The highest BCUT2D eigenvalue weighted by molar-refractivity contribution is 5.89. The van der Waals surface area contributed by atoms with Crippen LogP contribution in [-0.2, 0) is 0 Å². The van der Waals surface area contributed by atoms with Crippen molar-refractivity contribution in [2.45, 2.75) is 6.92 Å². The highest BCUT2D eigenvalue weighted by Crippen LogP contribution is 2.30. The molecule has 0 bridgehead atoms. The molecule has 0 radical (unpaired) electrons. The van der Waals surface area contributed by atoms with E-state index in [1.165, 1.54) is 10.9 Å². The fourth-order valence-electron chi connectivity index (χ4n) is 2.78. The van der Waals surface area contributed by atoms with E-state index in [-0.39, 0.29) is 0 Å². The molecule has 3 nitrogen and oxygen atoms in total. The molecular weight excluding hydrogens is 270 g/mol. The van der Waals surface area contributed by atoms with Gasteiger partial charge in [0.25, 0.3) is 0 Å². The van der Waals surface area contributed by atoms with Crippen LogP contribution in [0.1, 0.15) is 5.56 Å². The van der Waals surface area contributed by atoms with Crippen LogP contribution in [0.25, 0.3) is 28.1 Å². The summed E-state index contributed by atoms with van der Waals surface area (Å²) in [6.07, 6.45) is 3.55. The van der Waals surface area contributed by atoms with Gasteiger partial charge in [0.2, 0.25) is 5.95 Å². The quantitative estimate of drug-likeness (QED) is 0.546. The Hall–Kier alpha value is -2.94. The minimum atomic E-state index is 0.695. The van der Waals surface area contributed by atoms with Crippen molar-refractivity contribution in [3.63, 3.8) is 0 Å². The smallest absolute Gasteiger partial charge is 0.234 e. The van der Waals surface area contributed by atoms with E-state index in [1.54, 1.807) is 12.4 Å². The van der Waals surface area contributed by atoms with E-state index >= 15 is 0 Å². The summed E-state index contributed by atoms with van der Waals surface area (Å²) in [6.45, 7) is 2.11. The molecular formula is C19H15N3. The molecule has 0 atom stereocenters. The maximum absolute atomic E-state index is 4.43. The molecule has 106 valence electrons. The lowest BCUT2D eigenvalue weighted by molar-refractivity contribution is 0.967. The van der Waals surface area contributed by atoms with Gasteiger partial charge in [0.05, 0.1) is 11.2 Å². The maximum atomic E-state index is 4.43. The molecule has 0 saturated heterocycles. The molecule has 3 heteroatoms. The van der Waals surface area contributed by atoms with Crippen molar-refractivity contribution in [1.29, 1.82) is 0 Å². The summed E-state index contributed by atoms with van der Waals surface area (Å²) in [5.41, 5.74) is 4.63. The lowest BCUT2D eigenvalue weighted by Crippen LogP contribution is -2.01. The molecule has 0 saturated carbocycles. The lowest BCUT2D eigenvalue weighted by Gasteiger charge is -2.09. The van der Waals surface area contributed by atoms with Crippen LogP contribution >= 0.6 is 0 Å². The normalized spacial score (nSPS) is 11.0. The SMILES string of the molecule is Cc1ccc2c(c1)cc(-c1ccccc1)n2-c1ncccn1. The number of nitrogens with zero attached hydrogens (tertiary/aromatic N) is 3. The predicted molar refractivity (Wildman–Crippen MR) is 89.0 cm³/mol. The van der Waals surface area contributed by atoms with Gasteiger partial charge in [-0.25, -0.2) is 9.97 Å². The van der Waals surface area contributed by atoms with Crippen LogP contribution in [0, 0.1) is 6.92 Å². The van der Waals surface area contributed by atoms with E-state index in [1.807, 2.05) is 12.1 Å². The van der Waals surface area contributed by atoms with Crippen LogP contribution < -0.4 is 0 Å². The Kier molecular flexibility index (Phi) is 2.97. The first kappa shape index (κ1) is 12.8. The molecule has 2 aromatic carbocycles. The summed E-state index contributed by atoms with van der Waals surface area (Å²) in [6, 6.07) is 20.8. The summed E-state index contributed by atoms with van der Waals surface area (Å²) >= 11 is 0. The number of fused-ring (bicyclic) bond motifs is 1. The monoisotopic (exact) mass is 285 g/mol. The van der Waals surface area contributed by atoms with E-state index in [0.29, 0.717) is 5.95 Å². The molecule has 0 unspecified atom stereocenters. The van der Waals surface area contributed by atoms with Crippen LogP contribution in [0.5, 0.6) is 0 Å². The van der Waals surface area contributed by atoms with Gasteiger partial charge in [0.1, 0.15) is 0 Å². The Morgan fingerprint density at radius 1 is 0.818 bits per heavy atom. The van der Waals surface area contributed by atoms with Crippen molar-refractivity contribution >= 4 is 10.9 Å². The Balaban J connectivity index is 2.07. The van der Waals surface area contributed by atoms with Gasteiger partial charge in [-0.3, -0.25) is 4.57 Å². The third-order valence-electron chi connectivity index (χ3n) is 3.78. The van der Waals surface area contributed by atoms with Crippen molar-refractivity contribution in [2.75, 3.05) is 0 Å². The topological polar surface area (TPSA) is 30.7 Å². The second kappa shape index (κ2) is 5.11. The van der Waals surface area contributed by atoms with E-state index in [2.05, 4.69) is 70.0 Å². The molecule has 0 N–H and O–H groups in total. The highest BCUT2D eigenvalue weighted by Gasteiger charge is 2.13. The number of rotatable bonds is 2. The molecule has 0 aliphatic rings. The van der Waals surface area contributed by atoms with Gasteiger partial charge in [-0.15, -0.1) is 0 Å². The summed E-state index contributed by atoms with van der Waals surface area (Å²) in [7, 11) is 0. The van der Waals surface area contributed by atoms with Crippen LogP contribution in [0.3, 0.4) is 0 Å². The van der Waals surface area contributed by atoms with Gasteiger partial charge in [-0.05, 0) is 36.8 Å². The molecule has 4 aromatic rings. The number of benzene rings is 2. The van der Waals surface area contributed by atoms with E-state index < -0.39 is 0 Å². The molecule has 0 spiro atoms. The van der Waals surface area contributed by atoms with Crippen molar-refractivity contribution in [2.24, 2.45) is 0 Å². The Morgan fingerprint density at radius 3 is 2.36 bits per heavy atom. The first-order valence-electron chi connectivity index (χ1n) is 7.28. The van der Waals surface area contributed by atoms with Gasteiger partial charge in [-0.1, -0.05) is 42.0 Å². The van der Waals surface area contributed by atoms with Gasteiger partial charge in [0, 0.05) is 17.8 Å². The van der Waals surface area contributed by atoms with Crippen LogP contribution in [-0.4, -0.2) is 14.5 Å². The average molecular weight is 285 g/mol. The fraction of sp³-hybridized carbons (Fsp3) is 0.0526. The van der Waals surface area contributed by atoms with E-state index in [9.17, 15) is 0 Å². The summed E-state index contributed by atoms with van der Waals surface area (Å²) in [4.78, 5) is 8.86. The average Bonchev–Trinajstić information content (AvgIpc) is 2.95. The number of hydrogen-bond acceptors (Lipinski definition) is 2. The summed E-state index contributed by atoms with van der Waals surface area (Å²) in [5, 5.41) is 1.20. The molecule has 2 heterocycles. The minimum Gasteiger partial charge on any atom is -0.278 e. The summed E-state index contributed by atoms with van der Waals surface area (Å²) in [5.74, 6) is 0.695.